The minimum Gasteiger partial charge on any atom is -0.493 e. The van der Waals surface area contributed by atoms with E-state index < -0.39 is 17.8 Å². The van der Waals surface area contributed by atoms with Crippen molar-refractivity contribution in [3.63, 3.8) is 0 Å². The third-order valence-electron chi connectivity index (χ3n) is 5.82. The maximum atomic E-state index is 14.1. The summed E-state index contributed by atoms with van der Waals surface area (Å²) >= 11 is 0. The number of amides is 2. The Morgan fingerprint density at radius 2 is 1.65 bits per heavy atom. The fourth-order valence-corrected chi connectivity index (χ4v) is 4.17. The van der Waals surface area contributed by atoms with Gasteiger partial charge in [-0.05, 0) is 41.5 Å². The van der Waals surface area contributed by atoms with Crippen molar-refractivity contribution in [2.75, 3.05) is 26.6 Å². The van der Waals surface area contributed by atoms with E-state index in [9.17, 15) is 14.0 Å². The van der Waals surface area contributed by atoms with E-state index in [1.54, 1.807) is 41.3 Å². The Bertz CT molecular complexity index is 1200. The molecule has 0 spiro atoms. The van der Waals surface area contributed by atoms with Gasteiger partial charge in [-0.1, -0.05) is 30.3 Å². The molecule has 1 N–H and O–H groups in total. The van der Waals surface area contributed by atoms with Crippen LogP contribution in [-0.2, 0) is 11.3 Å². The lowest BCUT2D eigenvalue weighted by Gasteiger charge is -2.29. The molecule has 1 unspecified atom stereocenters. The van der Waals surface area contributed by atoms with Gasteiger partial charge in [0.25, 0.3) is 5.91 Å². The maximum absolute atomic E-state index is 14.1. The molecular formula is C26H25FN2O5. The van der Waals surface area contributed by atoms with E-state index in [2.05, 4.69) is 5.32 Å². The zero-order valence-corrected chi connectivity index (χ0v) is 19.1. The molecule has 1 aliphatic rings. The Hall–Kier alpha value is -4.07. The van der Waals surface area contributed by atoms with Gasteiger partial charge in [0.15, 0.2) is 11.5 Å². The number of nitrogens with zero attached hydrogens (tertiary/aromatic N) is 1. The summed E-state index contributed by atoms with van der Waals surface area (Å²) in [7, 11) is 4.50. The van der Waals surface area contributed by atoms with Crippen molar-refractivity contribution in [3.8, 4) is 17.2 Å². The van der Waals surface area contributed by atoms with Gasteiger partial charge in [0.1, 0.15) is 5.82 Å². The molecule has 0 saturated heterocycles. The lowest BCUT2D eigenvalue weighted by Crippen LogP contribution is -2.32. The molecule has 3 aromatic rings. The van der Waals surface area contributed by atoms with Gasteiger partial charge in [-0.3, -0.25) is 9.59 Å². The van der Waals surface area contributed by atoms with Crippen LogP contribution < -0.4 is 19.5 Å². The van der Waals surface area contributed by atoms with E-state index >= 15 is 0 Å². The highest BCUT2D eigenvalue weighted by molar-refractivity contribution is 5.99. The number of hydrogen-bond acceptors (Lipinski definition) is 5. The van der Waals surface area contributed by atoms with Crippen molar-refractivity contribution in [1.82, 2.24) is 4.90 Å². The minimum absolute atomic E-state index is 0.0761. The summed E-state index contributed by atoms with van der Waals surface area (Å²) in [6, 6.07) is 16.0. The predicted octanol–water partition coefficient (Wildman–Crippen LogP) is 4.58. The number of nitrogens with one attached hydrogen (secondary N) is 1. The molecule has 3 aromatic carbocycles. The number of para-hydroxylation sites is 1. The number of ether oxygens (including phenoxy) is 3. The number of carbonyl (C=O) groups excluding carboxylic acids is 2. The number of hydrogen-bond donors (Lipinski definition) is 1. The van der Waals surface area contributed by atoms with E-state index in [1.807, 2.05) is 12.1 Å². The largest absolute Gasteiger partial charge is 0.493 e. The standard InChI is InChI=1S/C26H25FN2O5/c1-32-22-12-17(13-23(33-2)25(22)34-3)21(14-24(30)28-20-11-7-6-10-19(20)27)29-15-16-8-4-5-9-18(16)26(29)31/h4-13,21H,14-15H2,1-3H3,(H,28,30). The van der Waals surface area contributed by atoms with E-state index in [4.69, 9.17) is 14.2 Å². The SMILES string of the molecule is COc1cc(C(CC(=O)Nc2ccccc2F)N2Cc3ccccc3C2=O)cc(OC)c1OC. The van der Waals surface area contributed by atoms with Crippen LogP contribution >= 0.6 is 0 Å². The fourth-order valence-electron chi connectivity index (χ4n) is 4.17. The number of anilines is 1. The normalized spacial score (nSPS) is 13.3. The highest BCUT2D eigenvalue weighted by Crippen LogP contribution is 2.43. The quantitative estimate of drug-likeness (QED) is 0.528. The summed E-state index contributed by atoms with van der Waals surface area (Å²) < 4.78 is 30.5. The molecule has 176 valence electrons. The van der Waals surface area contributed by atoms with Crippen LogP contribution in [0, 0.1) is 5.82 Å². The Morgan fingerprint density at radius 1 is 1.00 bits per heavy atom. The second kappa shape index (κ2) is 9.82. The molecule has 7 nitrogen and oxygen atoms in total. The molecule has 34 heavy (non-hydrogen) atoms. The smallest absolute Gasteiger partial charge is 0.255 e. The second-order valence-electron chi connectivity index (χ2n) is 7.80. The summed E-state index contributed by atoms with van der Waals surface area (Å²) in [5, 5.41) is 2.61. The number of fused-ring (bicyclic) bond motifs is 1. The Morgan fingerprint density at radius 3 is 2.26 bits per heavy atom. The Kier molecular flexibility index (Phi) is 6.67. The van der Waals surface area contributed by atoms with Crippen molar-refractivity contribution in [3.05, 3.63) is 83.2 Å². The molecule has 0 aliphatic carbocycles. The van der Waals surface area contributed by atoms with E-state index in [-0.39, 0.29) is 18.0 Å². The second-order valence-corrected chi connectivity index (χ2v) is 7.80. The van der Waals surface area contributed by atoms with Crippen molar-refractivity contribution in [1.29, 1.82) is 0 Å². The van der Waals surface area contributed by atoms with Gasteiger partial charge in [0.2, 0.25) is 11.7 Å². The molecule has 4 rings (SSSR count). The van der Waals surface area contributed by atoms with E-state index in [1.165, 1.54) is 33.5 Å². The Labute approximate surface area is 197 Å². The average molecular weight is 464 g/mol. The van der Waals surface area contributed by atoms with Gasteiger partial charge in [0, 0.05) is 12.1 Å². The summed E-state index contributed by atoms with van der Waals surface area (Å²) in [5.74, 6) is 0.0471. The van der Waals surface area contributed by atoms with Gasteiger partial charge in [0.05, 0.1) is 39.5 Å². The number of benzene rings is 3. The molecule has 0 aromatic heterocycles. The first-order valence-electron chi connectivity index (χ1n) is 10.7. The summed E-state index contributed by atoms with van der Waals surface area (Å²) in [6.07, 6.45) is -0.104. The summed E-state index contributed by atoms with van der Waals surface area (Å²) in [6.45, 7) is 0.337. The van der Waals surface area contributed by atoms with Crippen LogP contribution in [0.1, 0.15) is 33.9 Å². The average Bonchev–Trinajstić information content (AvgIpc) is 3.19. The number of carbonyl (C=O) groups is 2. The van der Waals surface area contributed by atoms with Crippen LogP contribution in [0.2, 0.25) is 0 Å². The van der Waals surface area contributed by atoms with Gasteiger partial charge in [-0.2, -0.15) is 0 Å². The van der Waals surface area contributed by atoms with Crippen LogP contribution in [0.15, 0.2) is 60.7 Å². The zero-order valence-electron chi connectivity index (χ0n) is 19.1. The topological polar surface area (TPSA) is 77.1 Å². The fraction of sp³-hybridized carbons (Fsp3) is 0.231. The van der Waals surface area contributed by atoms with Crippen molar-refractivity contribution in [2.24, 2.45) is 0 Å². The predicted molar refractivity (Wildman–Crippen MR) is 125 cm³/mol. The van der Waals surface area contributed by atoms with E-state index in [0.717, 1.165) is 5.56 Å². The first-order chi connectivity index (χ1) is 16.5. The molecular weight excluding hydrogens is 439 g/mol. The molecule has 0 bridgehead atoms. The number of halogens is 1. The van der Waals surface area contributed by atoms with E-state index in [0.29, 0.717) is 34.9 Å². The molecule has 1 atom stereocenters. The van der Waals surface area contributed by atoms with Gasteiger partial charge < -0.3 is 24.4 Å². The van der Waals surface area contributed by atoms with Crippen LogP contribution in [0.5, 0.6) is 17.2 Å². The lowest BCUT2D eigenvalue weighted by atomic mass is 10.00. The molecule has 2 amide bonds. The van der Waals surface area contributed by atoms with Crippen molar-refractivity contribution >= 4 is 17.5 Å². The van der Waals surface area contributed by atoms with Crippen molar-refractivity contribution in [2.45, 2.75) is 19.0 Å². The van der Waals surface area contributed by atoms with Crippen LogP contribution in [-0.4, -0.2) is 38.0 Å². The Balaban J connectivity index is 1.73. The third-order valence-corrected chi connectivity index (χ3v) is 5.82. The summed E-state index contributed by atoms with van der Waals surface area (Å²) in [4.78, 5) is 27.9. The van der Waals surface area contributed by atoms with Gasteiger partial charge in [-0.15, -0.1) is 0 Å². The van der Waals surface area contributed by atoms with Gasteiger partial charge >= 0.3 is 0 Å². The van der Waals surface area contributed by atoms with Crippen LogP contribution in [0.25, 0.3) is 0 Å². The summed E-state index contributed by atoms with van der Waals surface area (Å²) in [5.41, 5.74) is 2.17. The lowest BCUT2D eigenvalue weighted by molar-refractivity contribution is -0.117. The van der Waals surface area contributed by atoms with Gasteiger partial charge in [-0.25, -0.2) is 4.39 Å². The minimum atomic E-state index is -0.666. The first-order valence-corrected chi connectivity index (χ1v) is 10.7. The number of rotatable bonds is 8. The van der Waals surface area contributed by atoms with Crippen molar-refractivity contribution < 1.29 is 28.2 Å². The highest BCUT2D eigenvalue weighted by Gasteiger charge is 2.35. The number of methoxy groups -OCH3 is 3. The first kappa shape index (κ1) is 23.1. The molecule has 0 fully saturated rings. The molecule has 1 aliphatic heterocycles. The highest BCUT2D eigenvalue weighted by atomic mass is 19.1. The maximum Gasteiger partial charge on any atom is 0.255 e. The zero-order chi connectivity index (χ0) is 24.2. The molecule has 0 radical (unpaired) electrons. The molecule has 8 heteroatoms. The molecule has 0 saturated carbocycles. The van der Waals surface area contributed by atoms with Crippen LogP contribution in [0.4, 0.5) is 10.1 Å². The van der Waals surface area contributed by atoms with Crippen LogP contribution in [0.3, 0.4) is 0 Å². The third kappa shape index (κ3) is 4.39. The monoisotopic (exact) mass is 464 g/mol. The molecule has 1 heterocycles.